The number of carbonyl (C=O) groups is 2. The van der Waals surface area contributed by atoms with Gasteiger partial charge in [-0.25, -0.2) is 4.39 Å². The number of anilines is 2. The van der Waals surface area contributed by atoms with E-state index in [0.717, 1.165) is 16.2 Å². The number of ether oxygens (including phenoxy) is 1. The number of rotatable bonds is 8. The molecule has 0 unspecified atom stereocenters. The maximum atomic E-state index is 15.1. The first-order valence-electron chi connectivity index (χ1n) is 11.8. The number of nitrogens with one attached hydrogen (secondary N) is 3. The standard InChI is InChI=1S/C29H24BrFN4O3S/c1-17-26(28(37)35-23-9-5-6-10-24(23)38-2)27(20-7-3-4-8-22(20)31)21(15-32)29(33-17)39-16-25(36)34-19-13-11-18(30)12-14-19/h3-14,27,33H,16H2,1-2H3,(H,34,36)(H,35,37)/t27-/m1/s1. The van der Waals surface area contributed by atoms with Crippen LogP contribution in [0.4, 0.5) is 15.8 Å². The Bertz CT molecular complexity index is 1520. The number of para-hydroxylation sites is 2. The minimum Gasteiger partial charge on any atom is -0.495 e. The minimum atomic E-state index is -0.996. The molecule has 1 aliphatic rings. The highest BCUT2D eigenvalue weighted by Gasteiger charge is 2.36. The first-order valence-corrected chi connectivity index (χ1v) is 13.6. The van der Waals surface area contributed by atoms with Gasteiger partial charge in [0.2, 0.25) is 5.91 Å². The lowest BCUT2D eigenvalue weighted by Crippen LogP contribution is -2.31. The molecule has 0 saturated carbocycles. The third-order valence-corrected chi connectivity index (χ3v) is 7.48. The molecule has 7 nitrogen and oxygen atoms in total. The molecule has 1 aliphatic heterocycles. The van der Waals surface area contributed by atoms with Crippen molar-refractivity contribution in [3.05, 3.63) is 111 Å². The fourth-order valence-corrected chi connectivity index (χ4v) is 5.31. The lowest BCUT2D eigenvalue weighted by molar-refractivity contribution is -0.114. The van der Waals surface area contributed by atoms with Gasteiger partial charge in [0.1, 0.15) is 11.6 Å². The van der Waals surface area contributed by atoms with Crippen LogP contribution in [-0.4, -0.2) is 24.7 Å². The van der Waals surface area contributed by atoms with Crippen LogP contribution >= 0.6 is 27.7 Å². The first kappa shape index (κ1) is 28.0. The van der Waals surface area contributed by atoms with Crippen LogP contribution in [0.5, 0.6) is 5.75 Å². The van der Waals surface area contributed by atoms with E-state index in [4.69, 9.17) is 4.74 Å². The highest BCUT2D eigenvalue weighted by atomic mass is 79.9. The molecule has 0 fully saturated rings. The predicted octanol–water partition coefficient (Wildman–Crippen LogP) is 6.30. The molecule has 0 bridgehead atoms. The van der Waals surface area contributed by atoms with E-state index in [-0.39, 0.29) is 28.4 Å². The van der Waals surface area contributed by atoms with Gasteiger partial charge in [-0.05, 0) is 49.4 Å². The predicted molar refractivity (Wildman–Crippen MR) is 154 cm³/mol. The van der Waals surface area contributed by atoms with Crippen molar-refractivity contribution in [3.8, 4) is 11.8 Å². The van der Waals surface area contributed by atoms with Gasteiger partial charge in [-0.2, -0.15) is 5.26 Å². The second-order valence-electron chi connectivity index (χ2n) is 8.47. The van der Waals surface area contributed by atoms with Crippen molar-refractivity contribution in [1.29, 1.82) is 5.26 Å². The van der Waals surface area contributed by atoms with Gasteiger partial charge >= 0.3 is 0 Å². The summed E-state index contributed by atoms with van der Waals surface area (Å²) in [5, 5.41) is 19.3. The molecule has 0 saturated heterocycles. The average Bonchev–Trinajstić information content (AvgIpc) is 2.93. The summed E-state index contributed by atoms with van der Waals surface area (Å²) in [6.07, 6.45) is 0. The normalized spacial score (nSPS) is 14.8. The van der Waals surface area contributed by atoms with Crippen LogP contribution in [-0.2, 0) is 9.59 Å². The summed E-state index contributed by atoms with van der Waals surface area (Å²) in [6, 6.07) is 22.3. The summed E-state index contributed by atoms with van der Waals surface area (Å²) in [7, 11) is 1.49. The highest BCUT2D eigenvalue weighted by molar-refractivity contribution is 9.10. The summed E-state index contributed by atoms with van der Waals surface area (Å²) >= 11 is 4.47. The fraction of sp³-hybridized carbons (Fsp3) is 0.138. The molecule has 39 heavy (non-hydrogen) atoms. The highest BCUT2D eigenvalue weighted by Crippen LogP contribution is 2.42. The van der Waals surface area contributed by atoms with Crippen LogP contribution in [0, 0.1) is 17.1 Å². The Balaban J connectivity index is 1.65. The van der Waals surface area contributed by atoms with Gasteiger partial charge in [-0.3, -0.25) is 9.59 Å². The number of nitrogens with zero attached hydrogens (tertiary/aromatic N) is 1. The zero-order chi connectivity index (χ0) is 27.9. The topological polar surface area (TPSA) is 103 Å². The van der Waals surface area contributed by atoms with E-state index < -0.39 is 17.6 Å². The zero-order valence-electron chi connectivity index (χ0n) is 21.0. The molecule has 3 N–H and O–H groups in total. The number of hydrogen-bond donors (Lipinski definition) is 3. The Hall–Kier alpha value is -4.07. The number of dihydropyridines is 1. The Morgan fingerprint density at radius 2 is 1.77 bits per heavy atom. The van der Waals surface area contributed by atoms with Gasteiger partial charge < -0.3 is 20.7 Å². The van der Waals surface area contributed by atoms with Gasteiger partial charge in [-0.15, -0.1) is 0 Å². The molecule has 198 valence electrons. The van der Waals surface area contributed by atoms with Gasteiger partial charge in [0.15, 0.2) is 0 Å². The van der Waals surface area contributed by atoms with Gasteiger partial charge in [0.05, 0.1) is 41.1 Å². The molecule has 1 atom stereocenters. The number of benzene rings is 3. The summed E-state index contributed by atoms with van der Waals surface area (Å²) in [6.45, 7) is 1.68. The Kier molecular flexibility index (Phi) is 9.07. The van der Waals surface area contributed by atoms with E-state index in [0.29, 0.717) is 27.9 Å². The molecular weight excluding hydrogens is 583 g/mol. The summed E-state index contributed by atoms with van der Waals surface area (Å²) in [5.74, 6) is -1.89. The van der Waals surface area contributed by atoms with E-state index in [2.05, 4.69) is 37.9 Å². The number of carbonyl (C=O) groups excluding carboxylic acids is 2. The second-order valence-corrected chi connectivity index (χ2v) is 10.4. The van der Waals surface area contributed by atoms with E-state index in [9.17, 15) is 14.9 Å². The number of thioether (sulfide) groups is 1. The molecule has 2 amide bonds. The maximum absolute atomic E-state index is 15.1. The van der Waals surface area contributed by atoms with Crippen LogP contribution in [0.2, 0.25) is 0 Å². The van der Waals surface area contributed by atoms with Crippen molar-refractivity contribution < 1.29 is 18.7 Å². The molecule has 0 spiro atoms. The SMILES string of the molecule is COc1ccccc1NC(=O)C1=C(C)NC(SCC(=O)Nc2ccc(Br)cc2)=C(C#N)[C@H]1c1ccccc1F. The quantitative estimate of drug-likeness (QED) is 0.278. The van der Waals surface area contributed by atoms with Gasteiger partial charge in [-0.1, -0.05) is 58.0 Å². The van der Waals surface area contributed by atoms with E-state index in [1.54, 1.807) is 61.5 Å². The first-order chi connectivity index (χ1) is 18.8. The number of halogens is 2. The molecule has 0 aliphatic carbocycles. The molecule has 3 aromatic carbocycles. The molecule has 0 radical (unpaired) electrons. The minimum absolute atomic E-state index is 0.0103. The Morgan fingerprint density at radius 3 is 2.46 bits per heavy atom. The third-order valence-electron chi connectivity index (χ3n) is 5.94. The number of amides is 2. The monoisotopic (exact) mass is 606 g/mol. The lowest BCUT2D eigenvalue weighted by Gasteiger charge is -2.30. The Labute approximate surface area is 238 Å². The largest absolute Gasteiger partial charge is 0.495 e. The molecular formula is C29H24BrFN4O3S. The van der Waals surface area contributed by atoms with Crippen LogP contribution in [0.15, 0.2) is 99.1 Å². The zero-order valence-corrected chi connectivity index (χ0v) is 23.5. The second kappa shape index (κ2) is 12.7. The molecule has 10 heteroatoms. The van der Waals surface area contributed by atoms with Crippen molar-refractivity contribution in [3.63, 3.8) is 0 Å². The van der Waals surface area contributed by atoms with Crippen LogP contribution in [0.25, 0.3) is 0 Å². The van der Waals surface area contributed by atoms with Crippen LogP contribution < -0.4 is 20.7 Å². The molecule has 4 rings (SSSR count). The maximum Gasteiger partial charge on any atom is 0.254 e. The number of nitriles is 1. The lowest BCUT2D eigenvalue weighted by atomic mass is 9.82. The fourth-order valence-electron chi connectivity index (χ4n) is 4.15. The summed E-state index contributed by atoms with van der Waals surface area (Å²) in [5.41, 5.74) is 2.00. The van der Waals surface area contributed by atoms with Gasteiger partial charge in [0, 0.05) is 27.0 Å². The average molecular weight is 608 g/mol. The number of hydrogen-bond acceptors (Lipinski definition) is 6. The van der Waals surface area contributed by atoms with Gasteiger partial charge in [0.25, 0.3) is 5.91 Å². The third kappa shape index (κ3) is 6.50. The van der Waals surface area contributed by atoms with Crippen molar-refractivity contribution in [1.82, 2.24) is 5.32 Å². The van der Waals surface area contributed by atoms with Crippen molar-refractivity contribution >= 4 is 50.9 Å². The number of methoxy groups -OCH3 is 1. The van der Waals surface area contributed by atoms with Crippen LogP contribution in [0.3, 0.4) is 0 Å². The Morgan fingerprint density at radius 1 is 1.08 bits per heavy atom. The molecule has 1 heterocycles. The number of allylic oxidation sites excluding steroid dienone is 2. The summed E-state index contributed by atoms with van der Waals surface area (Å²) < 4.78 is 21.3. The van der Waals surface area contributed by atoms with Crippen molar-refractivity contribution in [2.75, 3.05) is 23.5 Å². The van der Waals surface area contributed by atoms with Crippen molar-refractivity contribution in [2.24, 2.45) is 0 Å². The van der Waals surface area contributed by atoms with Crippen molar-refractivity contribution in [2.45, 2.75) is 12.8 Å². The van der Waals surface area contributed by atoms with E-state index in [1.807, 2.05) is 12.1 Å². The molecule has 3 aromatic rings. The summed E-state index contributed by atoms with van der Waals surface area (Å²) in [4.78, 5) is 26.2. The smallest absolute Gasteiger partial charge is 0.254 e. The van der Waals surface area contributed by atoms with E-state index >= 15 is 4.39 Å². The molecule has 0 aromatic heterocycles. The van der Waals surface area contributed by atoms with E-state index in [1.165, 1.54) is 13.2 Å². The van der Waals surface area contributed by atoms with Crippen LogP contribution in [0.1, 0.15) is 18.4 Å².